The highest BCUT2D eigenvalue weighted by molar-refractivity contribution is 5.96. The number of hydrogen-bond acceptors (Lipinski definition) is 3. The molecule has 5 heteroatoms. The van der Waals surface area contributed by atoms with Crippen LogP contribution in [0.25, 0.3) is 0 Å². The van der Waals surface area contributed by atoms with Crippen molar-refractivity contribution in [3.05, 3.63) is 46.5 Å². The van der Waals surface area contributed by atoms with E-state index >= 15 is 0 Å². The fourth-order valence-corrected chi connectivity index (χ4v) is 4.28. The number of benzene rings is 1. The Bertz CT molecular complexity index is 795. The molecule has 1 aromatic carbocycles. The molecule has 5 nitrogen and oxygen atoms in total. The van der Waals surface area contributed by atoms with E-state index in [9.17, 15) is 4.79 Å². The smallest absolute Gasteiger partial charge is 0.254 e. The van der Waals surface area contributed by atoms with Gasteiger partial charge in [-0.1, -0.05) is 24.6 Å². The molecule has 2 aliphatic heterocycles. The number of fused-ring (bicyclic) bond motifs is 3. The largest absolute Gasteiger partial charge is 0.330 e. The number of amides is 1. The predicted octanol–water partition coefficient (Wildman–Crippen LogP) is 2.69. The summed E-state index contributed by atoms with van der Waals surface area (Å²) in [6, 6.07) is 6.61. The minimum absolute atomic E-state index is 0.178. The SMILES string of the molecule is CCc1nnc2n1CC1CCC(C2)N1C(=O)c1ccc(C)cc1C. The van der Waals surface area contributed by atoms with Crippen LogP contribution in [0.5, 0.6) is 0 Å². The standard InChI is InChI=1S/C19H24N4O/c1-4-17-20-21-18-10-14-6-7-15(11-22(17)18)23(14)19(24)16-8-5-12(2)9-13(16)3/h5,8-9,14-15H,4,6-7,10-11H2,1-3H3. The normalized spacial score (nSPS) is 22.4. The number of rotatable bonds is 2. The molecule has 0 N–H and O–H groups in total. The number of hydrogen-bond donors (Lipinski definition) is 0. The zero-order valence-electron chi connectivity index (χ0n) is 14.6. The van der Waals surface area contributed by atoms with Gasteiger partial charge < -0.3 is 9.47 Å². The predicted molar refractivity (Wildman–Crippen MR) is 92.0 cm³/mol. The molecule has 24 heavy (non-hydrogen) atoms. The summed E-state index contributed by atoms with van der Waals surface area (Å²) in [5.74, 6) is 2.26. The molecule has 0 saturated carbocycles. The van der Waals surface area contributed by atoms with Crippen LogP contribution in [0.15, 0.2) is 18.2 Å². The van der Waals surface area contributed by atoms with Crippen LogP contribution in [0, 0.1) is 13.8 Å². The molecule has 2 aromatic rings. The number of aromatic nitrogens is 3. The topological polar surface area (TPSA) is 51.0 Å². The Labute approximate surface area is 142 Å². The van der Waals surface area contributed by atoms with E-state index in [4.69, 9.17) is 0 Å². The van der Waals surface area contributed by atoms with Gasteiger partial charge in [-0.15, -0.1) is 10.2 Å². The third-order valence-electron chi connectivity index (χ3n) is 5.50. The summed E-state index contributed by atoms with van der Waals surface area (Å²) >= 11 is 0. The maximum Gasteiger partial charge on any atom is 0.254 e. The summed E-state index contributed by atoms with van der Waals surface area (Å²) in [6.07, 6.45) is 3.84. The van der Waals surface area contributed by atoms with Crippen LogP contribution in [-0.4, -0.2) is 37.7 Å². The van der Waals surface area contributed by atoms with Crippen LogP contribution in [0.1, 0.15) is 52.9 Å². The molecule has 1 aromatic heterocycles. The number of carbonyl (C=O) groups excluding carboxylic acids is 1. The first kappa shape index (κ1) is 15.4. The highest BCUT2D eigenvalue weighted by atomic mass is 16.2. The van der Waals surface area contributed by atoms with Crippen molar-refractivity contribution in [2.45, 2.75) is 65.1 Å². The van der Waals surface area contributed by atoms with Gasteiger partial charge in [-0.25, -0.2) is 0 Å². The van der Waals surface area contributed by atoms with Gasteiger partial charge in [0.25, 0.3) is 5.91 Å². The van der Waals surface area contributed by atoms with Gasteiger partial charge in [-0.3, -0.25) is 4.79 Å². The van der Waals surface area contributed by atoms with Crippen LogP contribution in [0.4, 0.5) is 0 Å². The van der Waals surface area contributed by atoms with Crippen LogP contribution in [0.3, 0.4) is 0 Å². The quantitative estimate of drug-likeness (QED) is 0.853. The Morgan fingerprint density at radius 1 is 1.21 bits per heavy atom. The number of aryl methyl sites for hydroxylation is 3. The van der Waals surface area contributed by atoms with Crippen LogP contribution < -0.4 is 0 Å². The molecular weight excluding hydrogens is 300 g/mol. The Morgan fingerprint density at radius 3 is 2.75 bits per heavy atom. The zero-order chi connectivity index (χ0) is 16.8. The maximum absolute atomic E-state index is 13.3. The number of carbonyl (C=O) groups is 1. The lowest BCUT2D eigenvalue weighted by Crippen LogP contribution is -2.42. The zero-order valence-corrected chi connectivity index (χ0v) is 14.6. The monoisotopic (exact) mass is 324 g/mol. The van der Waals surface area contributed by atoms with Crippen LogP contribution >= 0.6 is 0 Å². The fourth-order valence-electron chi connectivity index (χ4n) is 4.28. The van der Waals surface area contributed by atoms with Crippen LogP contribution in [0.2, 0.25) is 0 Å². The van der Waals surface area contributed by atoms with Crippen molar-refractivity contribution in [3.63, 3.8) is 0 Å². The second-order valence-corrected chi connectivity index (χ2v) is 7.12. The van der Waals surface area contributed by atoms with Crippen molar-refractivity contribution in [1.29, 1.82) is 0 Å². The summed E-state index contributed by atoms with van der Waals surface area (Å²) in [4.78, 5) is 15.4. The third kappa shape index (κ3) is 2.34. The first-order chi connectivity index (χ1) is 11.6. The molecule has 0 radical (unpaired) electrons. The van der Waals surface area contributed by atoms with E-state index < -0.39 is 0 Å². The Hall–Kier alpha value is -2.17. The second-order valence-electron chi connectivity index (χ2n) is 7.12. The van der Waals surface area contributed by atoms with Crippen molar-refractivity contribution < 1.29 is 4.79 Å². The van der Waals surface area contributed by atoms with E-state index in [1.54, 1.807) is 0 Å². The highest BCUT2D eigenvalue weighted by Gasteiger charge is 2.41. The average Bonchev–Trinajstić information content (AvgIpc) is 3.06. The molecular formula is C19H24N4O. The number of nitrogens with zero attached hydrogens (tertiary/aromatic N) is 4. The average molecular weight is 324 g/mol. The second kappa shape index (κ2) is 5.72. The van der Waals surface area contributed by atoms with Crippen molar-refractivity contribution in [2.75, 3.05) is 0 Å². The Morgan fingerprint density at radius 2 is 2.00 bits per heavy atom. The summed E-state index contributed by atoms with van der Waals surface area (Å²) in [7, 11) is 0. The molecule has 0 aliphatic carbocycles. The summed E-state index contributed by atoms with van der Waals surface area (Å²) < 4.78 is 2.24. The van der Waals surface area contributed by atoms with E-state index in [1.807, 2.05) is 19.1 Å². The fraction of sp³-hybridized carbons (Fsp3) is 0.526. The van der Waals surface area contributed by atoms with Crippen molar-refractivity contribution in [3.8, 4) is 0 Å². The molecule has 0 spiro atoms. The molecule has 126 valence electrons. The van der Waals surface area contributed by atoms with Crippen molar-refractivity contribution >= 4 is 5.91 Å². The summed E-state index contributed by atoms with van der Waals surface area (Å²) in [5.41, 5.74) is 3.10. The van der Waals surface area contributed by atoms with Crippen molar-refractivity contribution in [2.24, 2.45) is 0 Å². The van der Waals surface area contributed by atoms with Gasteiger partial charge in [0, 0.05) is 31.0 Å². The molecule has 4 rings (SSSR count). The minimum atomic E-state index is 0.178. The minimum Gasteiger partial charge on any atom is -0.330 e. The van der Waals surface area contributed by atoms with Gasteiger partial charge in [0.2, 0.25) is 0 Å². The Kier molecular flexibility index (Phi) is 3.66. The van der Waals surface area contributed by atoms with E-state index in [2.05, 4.69) is 39.6 Å². The molecule has 3 heterocycles. The van der Waals surface area contributed by atoms with E-state index in [0.29, 0.717) is 0 Å². The van der Waals surface area contributed by atoms with Gasteiger partial charge in [-0.2, -0.15) is 0 Å². The molecule has 2 unspecified atom stereocenters. The lowest BCUT2D eigenvalue weighted by molar-refractivity contribution is 0.0664. The molecule has 2 bridgehead atoms. The van der Waals surface area contributed by atoms with E-state index in [0.717, 1.165) is 55.0 Å². The molecule has 1 saturated heterocycles. The van der Waals surface area contributed by atoms with Gasteiger partial charge in [0.05, 0.1) is 6.04 Å². The first-order valence-electron chi connectivity index (χ1n) is 8.89. The lowest BCUT2D eigenvalue weighted by Gasteiger charge is -2.28. The van der Waals surface area contributed by atoms with Crippen molar-refractivity contribution in [1.82, 2.24) is 19.7 Å². The summed E-state index contributed by atoms with van der Waals surface area (Å²) in [5, 5.41) is 8.69. The van der Waals surface area contributed by atoms with Gasteiger partial charge in [0.15, 0.2) is 0 Å². The van der Waals surface area contributed by atoms with Gasteiger partial charge in [0.1, 0.15) is 11.6 Å². The van der Waals surface area contributed by atoms with Gasteiger partial charge >= 0.3 is 0 Å². The maximum atomic E-state index is 13.3. The Balaban J connectivity index is 1.68. The molecule has 1 fully saturated rings. The van der Waals surface area contributed by atoms with E-state index in [1.165, 1.54) is 5.56 Å². The van der Waals surface area contributed by atoms with Gasteiger partial charge in [-0.05, 0) is 38.3 Å². The first-order valence-corrected chi connectivity index (χ1v) is 8.89. The molecule has 1 amide bonds. The van der Waals surface area contributed by atoms with Crippen LogP contribution in [-0.2, 0) is 19.4 Å². The van der Waals surface area contributed by atoms with E-state index in [-0.39, 0.29) is 18.0 Å². The molecule has 2 aliphatic rings. The highest BCUT2D eigenvalue weighted by Crippen LogP contribution is 2.33. The summed E-state index contributed by atoms with van der Waals surface area (Å²) in [6.45, 7) is 7.04. The molecule has 2 atom stereocenters. The third-order valence-corrected chi connectivity index (χ3v) is 5.50. The lowest BCUT2D eigenvalue weighted by atomic mass is 10.0.